The second-order valence-corrected chi connectivity index (χ2v) is 7.16. The molecule has 1 atom stereocenters. The van der Waals surface area contributed by atoms with Crippen molar-refractivity contribution in [2.45, 2.75) is 19.9 Å². The van der Waals surface area contributed by atoms with Crippen molar-refractivity contribution in [2.75, 3.05) is 19.0 Å². The lowest BCUT2D eigenvalue weighted by Gasteiger charge is -2.13. The summed E-state index contributed by atoms with van der Waals surface area (Å²) in [6.07, 6.45) is 1.59. The molecule has 0 fully saturated rings. The van der Waals surface area contributed by atoms with Crippen LogP contribution in [0.3, 0.4) is 0 Å². The van der Waals surface area contributed by atoms with Gasteiger partial charge >= 0.3 is 0 Å². The molecule has 0 bridgehead atoms. The number of hydrogen-bond donors (Lipinski definition) is 3. The molecule has 0 amide bonds. The van der Waals surface area contributed by atoms with Crippen LogP contribution < -0.4 is 16.1 Å². The maximum atomic E-state index is 6.15. The summed E-state index contributed by atoms with van der Waals surface area (Å²) < 4.78 is 5.03. The molecule has 1 aromatic carbocycles. The molecule has 134 valence electrons. The van der Waals surface area contributed by atoms with Crippen LogP contribution in [-0.2, 0) is 4.74 Å². The van der Waals surface area contributed by atoms with E-state index in [1.54, 1.807) is 13.3 Å². The van der Waals surface area contributed by atoms with E-state index in [-0.39, 0.29) is 6.04 Å². The van der Waals surface area contributed by atoms with Crippen LogP contribution in [0.15, 0.2) is 29.4 Å². The molecule has 0 aliphatic carbocycles. The molecule has 0 unspecified atom stereocenters. The van der Waals surface area contributed by atoms with Crippen LogP contribution in [0, 0.1) is 6.92 Å². The van der Waals surface area contributed by atoms with Gasteiger partial charge in [-0.2, -0.15) is 5.10 Å². The summed E-state index contributed by atoms with van der Waals surface area (Å²) in [6.45, 7) is 4.56. The normalized spacial score (nSPS) is 12.2. The number of hydrazone groups is 1. The SMILES string of the molecule is COC[C@@H](C)NC(=S)N/N=C/c1sc(Nc2ccc(C)cc2)nc1Cl. The number of nitrogens with one attached hydrogen (secondary N) is 3. The third-order valence-corrected chi connectivity index (χ3v) is 4.57. The number of nitrogens with zero attached hydrogens (tertiary/aromatic N) is 2. The first-order valence-electron chi connectivity index (χ1n) is 7.56. The van der Waals surface area contributed by atoms with E-state index in [2.05, 4.69) is 26.1 Å². The predicted molar refractivity (Wildman–Crippen MR) is 109 cm³/mol. The average Bonchev–Trinajstić information content (AvgIpc) is 2.89. The summed E-state index contributed by atoms with van der Waals surface area (Å²) in [6, 6.07) is 8.14. The molecule has 3 N–H and O–H groups in total. The van der Waals surface area contributed by atoms with Crippen molar-refractivity contribution in [2.24, 2.45) is 5.10 Å². The molecule has 25 heavy (non-hydrogen) atoms. The zero-order valence-corrected chi connectivity index (χ0v) is 16.6. The molecule has 0 saturated heterocycles. The second kappa shape index (κ2) is 9.67. The third kappa shape index (κ3) is 6.58. The highest BCUT2D eigenvalue weighted by Gasteiger charge is 2.08. The summed E-state index contributed by atoms with van der Waals surface area (Å²) in [4.78, 5) is 5.02. The van der Waals surface area contributed by atoms with E-state index in [0.717, 1.165) is 10.6 Å². The van der Waals surface area contributed by atoms with Crippen LogP contribution >= 0.6 is 35.2 Å². The number of anilines is 2. The predicted octanol–water partition coefficient (Wildman–Crippen LogP) is 3.68. The standard InChI is InChI=1S/C16H20ClN5OS2/c1-10-4-6-12(7-5-10)20-16-21-14(17)13(25-16)8-18-22-15(24)19-11(2)9-23-3/h4-8,11H,9H2,1-3H3,(H,20,21)(H2,19,22,24)/b18-8+/t11-/m1/s1. The Labute approximate surface area is 161 Å². The van der Waals surface area contributed by atoms with Crippen LogP contribution in [0.2, 0.25) is 5.15 Å². The number of rotatable bonds is 7. The molecule has 0 radical (unpaired) electrons. The van der Waals surface area contributed by atoms with Gasteiger partial charge in [-0.3, -0.25) is 5.43 Å². The van der Waals surface area contributed by atoms with Crippen LogP contribution in [0.1, 0.15) is 17.4 Å². The minimum atomic E-state index is 0.0949. The Morgan fingerprint density at radius 3 is 2.84 bits per heavy atom. The smallest absolute Gasteiger partial charge is 0.189 e. The van der Waals surface area contributed by atoms with Crippen molar-refractivity contribution in [3.05, 3.63) is 39.9 Å². The lowest BCUT2D eigenvalue weighted by atomic mass is 10.2. The zero-order valence-electron chi connectivity index (χ0n) is 14.2. The highest BCUT2D eigenvalue weighted by molar-refractivity contribution is 7.80. The average molecular weight is 398 g/mol. The van der Waals surface area contributed by atoms with Gasteiger partial charge in [-0.1, -0.05) is 40.6 Å². The molecule has 2 aromatic rings. The van der Waals surface area contributed by atoms with Gasteiger partial charge in [-0.15, -0.1) is 0 Å². The van der Waals surface area contributed by atoms with Crippen molar-refractivity contribution in [1.82, 2.24) is 15.7 Å². The van der Waals surface area contributed by atoms with Gasteiger partial charge < -0.3 is 15.4 Å². The highest BCUT2D eigenvalue weighted by atomic mass is 35.5. The number of thiazole rings is 1. The van der Waals surface area contributed by atoms with E-state index in [1.165, 1.54) is 16.9 Å². The van der Waals surface area contributed by atoms with Crippen molar-refractivity contribution in [1.29, 1.82) is 0 Å². The minimum absolute atomic E-state index is 0.0949. The molecular formula is C16H20ClN5OS2. The van der Waals surface area contributed by atoms with Crippen LogP contribution in [0.5, 0.6) is 0 Å². The number of hydrogen-bond acceptors (Lipinski definition) is 6. The molecule has 9 heteroatoms. The van der Waals surface area contributed by atoms with Crippen molar-refractivity contribution < 1.29 is 4.74 Å². The van der Waals surface area contributed by atoms with Gasteiger partial charge in [-0.05, 0) is 38.2 Å². The Hall–Kier alpha value is -1.74. The van der Waals surface area contributed by atoms with E-state index >= 15 is 0 Å². The van der Waals surface area contributed by atoms with Crippen molar-refractivity contribution in [3.63, 3.8) is 0 Å². The van der Waals surface area contributed by atoms with Gasteiger partial charge in [-0.25, -0.2) is 4.98 Å². The number of benzene rings is 1. The molecule has 0 spiro atoms. The van der Waals surface area contributed by atoms with Gasteiger partial charge in [0.1, 0.15) is 0 Å². The first-order chi connectivity index (χ1) is 12.0. The molecule has 1 heterocycles. The largest absolute Gasteiger partial charge is 0.383 e. The van der Waals surface area contributed by atoms with Gasteiger partial charge in [0.05, 0.1) is 17.7 Å². The fraction of sp³-hybridized carbons (Fsp3) is 0.312. The minimum Gasteiger partial charge on any atom is -0.383 e. The zero-order chi connectivity index (χ0) is 18.2. The van der Waals surface area contributed by atoms with Crippen molar-refractivity contribution >= 4 is 57.3 Å². The number of methoxy groups -OCH3 is 1. The number of thiocarbonyl (C=S) groups is 1. The lowest BCUT2D eigenvalue weighted by molar-refractivity contribution is 0.179. The summed E-state index contributed by atoms with van der Waals surface area (Å²) >= 11 is 12.7. The topological polar surface area (TPSA) is 70.6 Å². The first-order valence-corrected chi connectivity index (χ1v) is 9.16. The van der Waals surface area contributed by atoms with Crippen LogP contribution in [0.25, 0.3) is 0 Å². The Kier molecular flexibility index (Phi) is 7.57. The molecule has 0 aliphatic heterocycles. The molecule has 1 aromatic heterocycles. The van der Waals surface area contributed by atoms with E-state index < -0.39 is 0 Å². The fourth-order valence-electron chi connectivity index (χ4n) is 1.90. The quantitative estimate of drug-likeness (QED) is 0.376. The second-order valence-electron chi connectivity index (χ2n) is 5.36. The van der Waals surface area contributed by atoms with Gasteiger partial charge in [0.25, 0.3) is 0 Å². The van der Waals surface area contributed by atoms with E-state index in [4.69, 9.17) is 28.6 Å². The Balaban J connectivity index is 1.91. The van der Waals surface area contributed by atoms with E-state index in [1.807, 2.05) is 38.1 Å². The van der Waals surface area contributed by atoms with Gasteiger partial charge in [0.15, 0.2) is 15.4 Å². The number of ether oxygens (including phenoxy) is 1. The molecule has 6 nitrogen and oxygen atoms in total. The monoisotopic (exact) mass is 397 g/mol. The third-order valence-electron chi connectivity index (χ3n) is 3.05. The Morgan fingerprint density at radius 2 is 2.16 bits per heavy atom. The maximum absolute atomic E-state index is 6.15. The summed E-state index contributed by atoms with van der Waals surface area (Å²) in [7, 11) is 1.64. The molecular weight excluding hydrogens is 378 g/mol. The summed E-state index contributed by atoms with van der Waals surface area (Å²) in [5.41, 5.74) is 4.90. The van der Waals surface area contributed by atoms with E-state index in [0.29, 0.717) is 22.0 Å². The number of aryl methyl sites for hydroxylation is 1. The van der Waals surface area contributed by atoms with Crippen molar-refractivity contribution in [3.8, 4) is 0 Å². The summed E-state index contributed by atoms with van der Waals surface area (Å²) in [5.74, 6) is 0. The summed E-state index contributed by atoms with van der Waals surface area (Å²) in [5, 5.41) is 11.9. The maximum Gasteiger partial charge on any atom is 0.189 e. The lowest BCUT2D eigenvalue weighted by Crippen LogP contribution is -2.40. The van der Waals surface area contributed by atoms with Crippen LogP contribution in [-0.4, -0.2) is 36.1 Å². The number of aromatic nitrogens is 1. The highest BCUT2D eigenvalue weighted by Crippen LogP contribution is 2.27. The molecule has 2 rings (SSSR count). The fourth-order valence-corrected chi connectivity index (χ4v) is 3.21. The van der Waals surface area contributed by atoms with Crippen LogP contribution in [0.4, 0.5) is 10.8 Å². The Bertz CT molecular complexity index is 733. The first kappa shape index (κ1) is 19.6. The van der Waals surface area contributed by atoms with Gasteiger partial charge in [0, 0.05) is 18.8 Å². The van der Waals surface area contributed by atoms with Gasteiger partial charge in [0.2, 0.25) is 0 Å². The molecule has 0 saturated carbocycles. The Morgan fingerprint density at radius 1 is 1.44 bits per heavy atom. The number of halogens is 1. The van der Waals surface area contributed by atoms with E-state index in [9.17, 15) is 0 Å². The molecule has 0 aliphatic rings.